The van der Waals surface area contributed by atoms with Gasteiger partial charge in [-0.25, -0.2) is 0 Å². The van der Waals surface area contributed by atoms with Gasteiger partial charge in [-0.1, -0.05) is 23.2 Å². The van der Waals surface area contributed by atoms with E-state index in [4.69, 9.17) is 23.2 Å². The zero-order valence-corrected chi connectivity index (χ0v) is 13.0. The van der Waals surface area contributed by atoms with Gasteiger partial charge in [-0.05, 0) is 31.7 Å². The summed E-state index contributed by atoms with van der Waals surface area (Å²) in [6.07, 6.45) is 3.84. The molecule has 0 radical (unpaired) electrons. The highest BCUT2D eigenvalue weighted by Crippen LogP contribution is 2.36. The molecule has 21 heavy (non-hydrogen) atoms. The number of non-ortho nitro benzene ring substituents is 1. The topological polar surface area (TPSA) is 58.4 Å². The molecule has 5 nitrogen and oxygen atoms in total. The van der Waals surface area contributed by atoms with E-state index in [0.29, 0.717) is 21.7 Å². The number of nitro benzene ring substituents is 1. The predicted octanol–water partition coefficient (Wildman–Crippen LogP) is 3.80. The molecule has 7 heteroatoms. The van der Waals surface area contributed by atoms with Crippen molar-refractivity contribution >= 4 is 34.6 Å². The SMILES string of the molecule is O=[N+]([O-])c1cc(Cl)c(NCC2CCN(C3CC3)C2)c(Cl)c1. The molecule has 2 fully saturated rings. The van der Waals surface area contributed by atoms with Gasteiger partial charge in [0.25, 0.3) is 5.69 Å². The minimum Gasteiger partial charge on any atom is -0.382 e. The second-order valence-electron chi connectivity index (χ2n) is 5.80. The molecule has 2 aliphatic rings. The molecule has 0 aromatic heterocycles. The summed E-state index contributed by atoms with van der Waals surface area (Å²) in [5, 5.41) is 14.6. The lowest BCUT2D eigenvalue weighted by molar-refractivity contribution is -0.384. The number of anilines is 1. The van der Waals surface area contributed by atoms with Crippen molar-refractivity contribution in [2.24, 2.45) is 5.92 Å². The Morgan fingerprint density at radius 1 is 1.29 bits per heavy atom. The number of nitrogens with zero attached hydrogens (tertiary/aromatic N) is 2. The highest BCUT2D eigenvalue weighted by atomic mass is 35.5. The Balaban J connectivity index is 1.61. The number of benzene rings is 1. The van der Waals surface area contributed by atoms with Crippen LogP contribution in [0.15, 0.2) is 12.1 Å². The summed E-state index contributed by atoms with van der Waals surface area (Å²) in [5.41, 5.74) is 0.505. The van der Waals surface area contributed by atoms with Crippen molar-refractivity contribution in [3.05, 3.63) is 32.3 Å². The van der Waals surface area contributed by atoms with Gasteiger partial charge in [-0.2, -0.15) is 0 Å². The predicted molar refractivity (Wildman–Crippen MR) is 84.3 cm³/mol. The van der Waals surface area contributed by atoms with E-state index < -0.39 is 4.92 Å². The summed E-state index contributed by atoms with van der Waals surface area (Å²) in [6.45, 7) is 3.07. The largest absolute Gasteiger partial charge is 0.382 e. The maximum Gasteiger partial charge on any atom is 0.272 e. The Hall–Kier alpha value is -1.04. The Labute approximate surface area is 133 Å². The molecule has 114 valence electrons. The fraction of sp³-hybridized carbons (Fsp3) is 0.571. The van der Waals surface area contributed by atoms with Gasteiger partial charge in [-0.15, -0.1) is 0 Å². The van der Waals surface area contributed by atoms with Crippen LogP contribution in [0.2, 0.25) is 10.0 Å². The number of nitro groups is 1. The van der Waals surface area contributed by atoms with Gasteiger partial charge >= 0.3 is 0 Å². The molecule has 1 saturated heterocycles. The number of hydrogen-bond acceptors (Lipinski definition) is 4. The average molecular weight is 330 g/mol. The lowest BCUT2D eigenvalue weighted by atomic mass is 10.1. The van der Waals surface area contributed by atoms with Crippen molar-refractivity contribution in [1.82, 2.24) is 4.90 Å². The maximum absolute atomic E-state index is 10.8. The van der Waals surface area contributed by atoms with E-state index in [2.05, 4.69) is 10.2 Å². The molecule has 1 aromatic rings. The molecule has 1 unspecified atom stereocenters. The van der Waals surface area contributed by atoms with Crippen molar-refractivity contribution in [2.45, 2.75) is 25.3 Å². The summed E-state index contributed by atoms with van der Waals surface area (Å²) in [5.74, 6) is 0.577. The monoisotopic (exact) mass is 329 g/mol. The highest BCUT2D eigenvalue weighted by molar-refractivity contribution is 6.39. The number of likely N-dealkylation sites (tertiary alicyclic amines) is 1. The molecule has 1 atom stereocenters. The van der Waals surface area contributed by atoms with Gasteiger partial charge in [0.15, 0.2) is 0 Å². The van der Waals surface area contributed by atoms with Crippen LogP contribution >= 0.6 is 23.2 Å². The first kappa shape index (κ1) is 14.9. The van der Waals surface area contributed by atoms with Crippen molar-refractivity contribution in [1.29, 1.82) is 0 Å². The molecule has 0 amide bonds. The van der Waals surface area contributed by atoms with Crippen LogP contribution in [0.3, 0.4) is 0 Å². The minimum absolute atomic E-state index is 0.0867. The lowest BCUT2D eigenvalue weighted by Crippen LogP contribution is -2.24. The van der Waals surface area contributed by atoms with E-state index in [1.54, 1.807) is 0 Å². The summed E-state index contributed by atoms with van der Waals surface area (Å²) in [7, 11) is 0. The van der Waals surface area contributed by atoms with E-state index in [0.717, 1.165) is 19.1 Å². The molecule has 1 N–H and O–H groups in total. The summed E-state index contributed by atoms with van der Waals surface area (Å²) < 4.78 is 0. The maximum atomic E-state index is 10.8. The summed E-state index contributed by atoms with van der Waals surface area (Å²) in [6, 6.07) is 3.48. The number of rotatable bonds is 5. The van der Waals surface area contributed by atoms with Crippen molar-refractivity contribution < 1.29 is 4.92 Å². The minimum atomic E-state index is -0.494. The van der Waals surface area contributed by atoms with Crippen LogP contribution < -0.4 is 5.32 Å². The molecule has 0 bridgehead atoms. The molecule has 1 aliphatic carbocycles. The molecular formula is C14H17Cl2N3O2. The van der Waals surface area contributed by atoms with Gasteiger partial charge in [-0.3, -0.25) is 10.1 Å². The summed E-state index contributed by atoms with van der Waals surface area (Å²) >= 11 is 12.2. The standard InChI is InChI=1S/C14H17Cl2N3O2/c15-12-5-11(19(20)21)6-13(16)14(12)17-7-9-3-4-18(8-9)10-1-2-10/h5-6,9-10,17H,1-4,7-8H2. The number of hydrogen-bond donors (Lipinski definition) is 1. The Morgan fingerprint density at radius 3 is 2.52 bits per heavy atom. The lowest BCUT2D eigenvalue weighted by Gasteiger charge is -2.16. The third-order valence-corrected chi connectivity index (χ3v) is 4.78. The van der Waals surface area contributed by atoms with Crippen LogP contribution in [0.5, 0.6) is 0 Å². The molecular weight excluding hydrogens is 313 g/mol. The first-order valence-corrected chi connectivity index (χ1v) is 7.91. The van der Waals surface area contributed by atoms with E-state index in [1.165, 1.54) is 37.9 Å². The van der Waals surface area contributed by atoms with E-state index in [9.17, 15) is 10.1 Å². The smallest absolute Gasteiger partial charge is 0.272 e. The Bertz CT molecular complexity index is 540. The van der Waals surface area contributed by atoms with Crippen LogP contribution in [0, 0.1) is 16.0 Å². The first-order valence-electron chi connectivity index (χ1n) is 7.16. The van der Waals surface area contributed by atoms with Crippen LogP contribution in [-0.2, 0) is 0 Å². The van der Waals surface area contributed by atoms with Gasteiger partial charge in [0.2, 0.25) is 0 Å². The zero-order valence-electron chi connectivity index (χ0n) is 11.5. The number of nitrogens with one attached hydrogen (secondary N) is 1. The summed E-state index contributed by atoms with van der Waals surface area (Å²) in [4.78, 5) is 12.8. The van der Waals surface area contributed by atoms with Gasteiger partial charge in [0.1, 0.15) is 0 Å². The van der Waals surface area contributed by atoms with Crippen LogP contribution in [0.1, 0.15) is 19.3 Å². The molecule has 1 saturated carbocycles. The van der Waals surface area contributed by atoms with Gasteiger partial charge in [0.05, 0.1) is 20.7 Å². The normalized spacial score (nSPS) is 22.5. The van der Waals surface area contributed by atoms with Gasteiger partial charge in [0, 0.05) is 31.3 Å². The van der Waals surface area contributed by atoms with E-state index >= 15 is 0 Å². The van der Waals surface area contributed by atoms with Crippen molar-refractivity contribution in [2.75, 3.05) is 25.0 Å². The Kier molecular flexibility index (Phi) is 4.24. The van der Waals surface area contributed by atoms with E-state index in [-0.39, 0.29) is 5.69 Å². The van der Waals surface area contributed by atoms with Crippen LogP contribution in [0.25, 0.3) is 0 Å². The quantitative estimate of drug-likeness (QED) is 0.659. The fourth-order valence-corrected chi connectivity index (χ4v) is 3.49. The third-order valence-electron chi connectivity index (χ3n) is 4.19. The molecule has 0 spiro atoms. The third kappa shape index (κ3) is 3.42. The van der Waals surface area contributed by atoms with Crippen LogP contribution in [0.4, 0.5) is 11.4 Å². The molecule has 3 rings (SSSR count). The fourth-order valence-electron chi connectivity index (χ4n) is 2.88. The van der Waals surface area contributed by atoms with E-state index in [1.807, 2.05) is 0 Å². The molecule has 1 heterocycles. The molecule has 1 aliphatic heterocycles. The average Bonchev–Trinajstić information content (AvgIpc) is 3.17. The Morgan fingerprint density at radius 2 is 1.95 bits per heavy atom. The van der Waals surface area contributed by atoms with Crippen molar-refractivity contribution in [3.63, 3.8) is 0 Å². The highest BCUT2D eigenvalue weighted by Gasteiger charge is 2.34. The van der Waals surface area contributed by atoms with Crippen molar-refractivity contribution in [3.8, 4) is 0 Å². The molecule has 1 aromatic carbocycles. The van der Waals surface area contributed by atoms with Crippen LogP contribution in [-0.4, -0.2) is 35.5 Å². The first-order chi connectivity index (χ1) is 10.0. The second kappa shape index (κ2) is 5.99. The van der Waals surface area contributed by atoms with Gasteiger partial charge < -0.3 is 10.2 Å². The second-order valence-corrected chi connectivity index (χ2v) is 6.62. The number of halogens is 2. The zero-order chi connectivity index (χ0) is 15.0.